The largest absolute Gasteiger partial charge is 0.353 e. The van der Waals surface area contributed by atoms with E-state index in [2.05, 4.69) is 27.3 Å². The molecule has 0 atom stereocenters. The molecule has 1 amide bonds. The van der Waals surface area contributed by atoms with Gasteiger partial charge in [-0.1, -0.05) is 12.1 Å². The van der Waals surface area contributed by atoms with Gasteiger partial charge in [0.05, 0.1) is 0 Å². The Morgan fingerprint density at radius 3 is 2.70 bits per heavy atom. The number of carbonyl (C=O) groups excluding carboxylic acids is 1. The van der Waals surface area contributed by atoms with Crippen molar-refractivity contribution in [3.05, 3.63) is 28.7 Å². The topological polar surface area (TPSA) is 55.1 Å². The molecule has 5 heteroatoms. The van der Waals surface area contributed by atoms with Gasteiger partial charge in [-0.05, 0) is 53.7 Å². The smallest absolute Gasteiger partial charge is 0.221 e. The third kappa shape index (κ3) is 5.11. The minimum Gasteiger partial charge on any atom is -0.353 e. The summed E-state index contributed by atoms with van der Waals surface area (Å²) in [4.78, 5) is 13.1. The number of hydrogen-bond acceptors (Lipinski definition) is 3. The lowest BCUT2D eigenvalue weighted by molar-refractivity contribution is -0.121. The van der Waals surface area contributed by atoms with Gasteiger partial charge in [0.15, 0.2) is 0 Å². The average Bonchev–Trinajstić information content (AvgIpc) is 2.43. The summed E-state index contributed by atoms with van der Waals surface area (Å²) in [5, 5.41) is 3.12. The van der Waals surface area contributed by atoms with Crippen LogP contribution in [0.15, 0.2) is 33.6 Å². The zero-order valence-electron chi connectivity index (χ0n) is 11.5. The number of halogens is 1. The van der Waals surface area contributed by atoms with Gasteiger partial charge in [-0.25, -0.2) is 0 Å². The van der Waals surface area contributed by atoms with Crippen LogP contribution in [0.3, 0.4) is 0 Å². The predicted octanol–water partition coefficient (Wildman–Crippen LogP) is 3.32. The highest BCUT2D eigenvalue weighted by Gasteiger charge is 2.19. The zero-order valence-corrected chi connectivity index (χ0v) is 13.9. The maximum atomic E-state index is 11.9. The van der Waals surface area contributed by atoms with Gasteiger partial charge in [0.2, 0.25) is 5.91 Å². The molecule has 1 fully saturated rings. The van der Waals surface area contributed by atoms with Crippen molar-refractivity contribution in [2.24, 2.45) is 5.73 Å². The molecule has 0 unspecified atom stereocenters. The summed E-state index contributed by atoms with van der Waals surface area (Å²) in [5.41, 5.74) is 5.87. The van der Waals surface area contributed by atoms with Crippen LogP contribution in [0, 0.1) is 0 Å². The van der Waals surface area contributed by atoms with Gasteiger partial charge in [-0.15, -0.1) is 11.8 Å². The second-order valence-corrected chi connectivity index (χ2v) is 7.20. The van der Waals surface area contributed by atoms with Crippen molar-refractivity contribution in [1.82, 2.24) is 5.32 Å². The monoisotopic (exact) mass is 356 g/mol. The zero-order chi connectivity index (χ0) is 14.4. The van der Waals surface area contributed by atoms with Crippen LogP contribution in [0.1, 0.15) is 32.1 Å². The number of benzene rings is 1. The molecular weight excluding hydrogens is 336 g/mol. The molecule has 0 heterocycles. The van der Waals surface area contributed by atoms with Gasteiger partial charge in [0.25, 0.3) is 0 Å². The molecule has 0 radical (unpaired) electrons. The van der Waals surface area contributed by atoms with Crippen LogP contribution in [0.4, 0.5) is 0 Å². The highest BCUT2D eigenvalue weighted by Crippen LogP contribution is 2.27. The lowest BCUT2D eigenvalue weighted by atomic mass is 9.92. The SMILES string of the molecule is NC1CCC(NC(=O)CCSc2ccccc2Br)CC1. The second-order valence-electron chi connectivity index (χ2n) is 5.21. The van der Waals surface area contributed by atoms with Crippen LogP contribution in [-0.4, -0.2) is 23.7 Å². The number of rotatable bonds is 5. The summed E-state index contributed by atoms with van der Waals surface area (Å²) in [6.07, 6.45) is 4.65. The fourth-order valence-electron chi connectivity index (χ4n) is 2.38. The first kappa shape index (κ1) is 15.9. The van der Waals surface area contributed by atoms with E-state index in [9.17, 15) is 4.79 Å². The van der Waals surface area contributed by atoms with E-state index < -0.39 is 0 Å². The van der Waals surface area contributed by atoms with E-state index in [1.165, 1.54) is 4.90 Å². The molecule has 1 aromatic carbocycles. The van der Waals surface area contributed by atoms with Crippen molar-refractivity contribution < 1.29 is 4.79 Å². The summed E-state index contributed by atoms with van der Waals surface area (Å²) in [7, 11) is 0. The van der Waals surface area contributed by atoms with Crippen molar-refractivity contribution in [2.75, 3.05) is 5.75 Å². The quantitative estimate of drug-likeness (QED) is 0.795. The van der Waals surface area contributed by atoms with E-state index in [4.69, 9.17) is 5.73 Å². The highest BCUT2D eigenvalue weighted by molar-refractivity contribution is 9.10. The van der Waals surface area contributed by atoms with Gasteiger partial charge in [-0.3, -0.25) is 4.79 Å². The first-order valence-electron chi connectivity index (χ1n) is 7.07. The Morgan fingerprint density at radius 2 is 2.00 bits per heavy atom. The van der Waals surface area contributed by atoms with Crippen molar-refractivity contribution in [2.45, 2.75) is 49.1 Å². The summed E-state index contributed by atoms with van der Waals surface area (Å²) in [6, 6.07) is 8.75. The van der Waals surface area contributed by atoms with Crippen molar-refractivity contribution in [1.29, 1.82) is 0 Å². The van der Waals surface area contributed by atoms with E-state index in [0.29, 0.717) is 18.5 Å². The molecule has 0 aliphatic heterocycles. The average molecular weight is 357 g/mol. The van der Waals surface area contributed by atoms with Gasteiger partial charge in [0.1, 0.15) is 0 Å². The van der Waals surface area contributed by atoms with E-state index in [-0.39, 0.29) is 5.91 Å². The van der Waals surface area contributed by atoms with Gasteiger partial charge in [0, 0.05) is 33.6 Å². The number of nitrogens with one attached hydrogen (secondary N) is 1. The third-order valence-corrected chi connectivity index (χ3v) is 5.59. The molecule has 0 saturated heterocycles. The van der Waals surface area contributed by atoms with Crippen LogP contribution < -0.4 is 11.1 Å². The standard InChI is InChI=1S/C15H21BrN2OS/c16-13-3-1-2-4-14(13)20-10-9-15(19)18-12-7-5-11(17)6-8-12/h1-4,11-12H,5-10,17H2,(H,18,19). The molecule has 2 rings (SSSR count). The number of hydrogen-bond donors (Lipinski definition) is 2. The molecule has 1 aliphatic rings. The van der Waals surface area contributed by atoms with Crippen LogP contribution in [-0.2, 0) is 4.79 Å². The first-order chi connectivity index (χ1) is 9.65. The molecule has 110 valence electrons. The first-order valence-corrected chi connectivity index (χ1v) is 8.85. The number of nitrogens with two attached hydrogens (primary N) is 1. The lowest BCUT2D eigenvalue weighted by Crippen LogP contribution is -2.40. The van der Waals surface area contributed by atoms with Crippen molar-refractivity contribution in [3.63, 3.8) is 0 Å². The molecule has 0 spiro atoms. The van der Waals surface area contributed by atoms with Gasteiger partial charge < -0.3 is 11.1 Å². The Bertz CT molecular complexity index is 447. The fraction of sp³-hybridized carbons (Fsp3) is 0.533. The van der Waals surface area contributed by atoms with E-state index in [1.54, 1.807) is 11.8 Å². The Kier molecular flexibility index (Phi) is 6.39. The van der Waals surface area contributed by atoms with Crippen molar-refractivity contribution in [3.8, 4) is 0 Å². The number of amides is 1. The minimum absolute atomic E-state index is 0.157. The lowest BCUT2D eigenvalue weighted by Gasteiger charge is -2.26. The highest BCUT2D eigenvalue weighted by atomic mass is 79.9. The molecule has 1 saturated carbocycles. The molecule has 1 aromatic rings. The molecule has 3 N–H and O–H groups in total. The van der Waals surface area contributed by atoms with Crippen molar-refractivity contribution >= 4 is 33.6 Å². The summed E-state index contributed by atoms with van der Waals surface area (Å²) in [6.45, 7) is 0. The van der Waals surface area contributed by atoms with Gasteiger partial charge in [-0.2, -0.15) is 0 Å². The van der Waals surface area contributed by atoms with E-state index >= 15 is 0 Å². The summed E-state index contributed by atoms with van der Waals surface area (Å²) in [5.74, 6) is 0.964. The molecule has 3 nitrogen and oxygen atoms in total. The fourth-order valence-corrected chi connectivity index (χ4v) is 3.90. The normalized spacial score (nSPS) is 22.5. The van der Waals surface area contributed by atoms with Gasteiger partial charge >= 0.3 is 0 Å². The molecule has 0 aromatic heterocycles. The minimum atomic E-state index is 0.157. The Hall–Kier alpha value is -0.520. The molecule has 1 aliphatic carbocycles. The number of carbonyl (C=O) groups is 1. The Morgan fingerprint density at radius 1 is 1.30 bits per heavy atom. The van der Waals surface area contributed by atoms with Crippen LogP contribution in [0.5, 0.6) is 0 Å². The number of thioether (sulfide) groups is 1. The summed E-state index contributed by atoms with van der Waals surface area (Å²) >= 11 is 5.23. The molecular formula is C15H21BrN2OS. The predicted molar refractivity (Wildman–Crippen MR) is 87.9 cm³/mol. The maximum absolute atomic E-state index is 11.9. The Labute approximate surface area is 133 Å². The third-order valence-electron chi connectivity index (χ3n) is 3.56. The second kappa shape index (κ2) is 8.05. The Balaban J connectivity index is 1.67. The van der Waals surface area contributed by atoms with Crippen LogP contribution in [0.25, 0.3) is 0 Å². The van der Waals surface area contributed by atoms with E-state index in [1.807, 2.05) is 18.2 Å². The molecule has 0 bridgehead atoms. The van der Waals surface area contributed by atoms with E-state index in [0.717, 1.165) is 35.9 Å². The molecule has 20 heavy (non-hydrogen) atoms. The van der Waals surface area contributed by atoms with Crippen LogP contribution in [0.2, 0.25) is 0 Å². The maximum Gasteiger partial charge on any atom is 0.221 e. The summed E-state index contributed by atoms with van der Waals surface area (Å²) < 4.78 is 1.09. The van der Waals surface area contributed by atoms with Crippen LogP contribution >= 0.6 is 27.7 Å².